The van der Waals surface area contributed by atoms with E-state index in [0.29, 0.717) is 12.4 Å². The summed E-state index contributed by atoms with van der Waals surface area (Å²) in [5.74, 6) is 0.128. The third kappa shape index (κ3) is 4.33. The molecule has 0 aliphatic carbocycles. The van der Waals surface area contributed by atoms with Gasteiger partial charge in [-0.2, -0.15) is 0 Å². The number of rotatable bonds is 7. The zero-order valence-corrected chi connectivity index (χ0v) is 12.3. The number of nitrogens with zero attached hydrogens (tertiary/aromatic N) is 1. The molecule has 0 spiro atoms. The SMILES string of the molecule is O=C(NCC1OC=CO1)c1cc(COCc2ccccc2)on1. The van der Waals surface area contributed by atoms with E-state index in [2.05, 4.69) is 10.5 Å². The van der Waals surface area contributed by atoms with Crippen molar-refractivity contribution in [1.29, 1.82) is 0 Å². The molecule has 0 bridgehead atoms. The van der Waals surface area contributed by atoms with Crippen LogP contribution in [-0.2, 0) is 27.4 Å². The molecule has 7 heteroatoms. The van der Waals surface area contributed by atoms with Crippen molar-refractivity contribution in [2.24, 2.45) is 0 Å². The van der Waals surface area contributed by atoms with Crippen molar-refractivity contribution < 1.29 is 23.5 Å². The topological polar surface area (TPSA) is 82.8 Å². The molecule has 1 aromatic heterocycles. The average molecular weight is 316 g/mol. The molecular formula is C16H16N2O5. The van der Waals surface area contributed by atoms with E-state index in [4.69, 9.17) is 18.7 Å². The van der Waals surface area contributed by atoms with Crippen LogP contribution in [0.3, 0.4) is 0 Å². The van der Waals surface area contributed by atoms with Gasteiger partial charge in [0.05, 0.1) is 13.2 Å². The van der Waals surface area contributed by atoms with E-state index >= 15 is 0 Å². The van der Waals surface area contributed by atoms with Crippen LogP contribution in [0.2, 0.25) is 0 Å². The summed E-state index contributed by atoms with van der Waals surface area (Å²) in [7, 11) is 0. The van der Waals surface area contributed by atoms with Crippen LogP contribution in [0.1, 0.15) is 21.8 Å². The molecule has 1 aliphatic rings. The Morgan fingerprint density at radius 3 is 2.74 bits per heavy atom. The maximum absolute atomic E-state index is 11.9. The summed E-state index contributed by atoms with van der Waals surface area (Å²) in [5.41, 5.74) is 1.25. The first-order valence-electron chi connectivity index (χ1n) is 7.12. The van der Waals surface area contributed by atoms with Gasteiger partial charge in [-0.1, -0.05) is 35.5 Å². The number of hydrogen-bond acceptors (Lipinski definition) is 6. The smallest absolute Gasteiger partial charge is 0.273 e. The van der Waals surface area contributed by atoms with Gasteiger partial charge in [-0.3, -0.25) is 4.79 Å². The highest BCUT2D eigenvalue weighted by Crippen LogP contribution is 2.09. The summed E-state index contributed by atoms with van der Waals surface area (Å²) >= 11 is 0. The second-order valence-electron chi connectivity index (χ2n) is 4.84. The number of carbonyl (C=O) groups is 1. The van der Waals surface area contributed by atoms with Crippen molar-refractivity contribution in [2.45, 2.75) is 19.5 Å². The maximum Gasteiger partial charge on any atom is 0.273 e. The zero-order chi connectivity index (χ0) is 15.9. The molecule has 7 nitrogen and oxygen atoms in total. The van der Waals surface area contributed by atoms with Gasteiger partial charge in [0.1, 0.15) is 19.1 Å². The van der Waals surface area contributed by atoms with E-state index in [1.54, 1.807) is 6.07 Å². The lowest BCUT2D eigenvalue weighted by molar-refractivity contribution is -0.0193. The first-order valence-corrected chi connectivity index (χ1v) is 7.12. The third-order valence-electron chi connectivity index (χ3n) is 3.09. The van der Waals surface area contributed by atoms with Crippen LogP contribution in [0.25, 0.3) is 0 Å². The fourth-order valence-corrected chi connectivity index (χ4v) is 1.97. The number of benzene rings is 1. The molecule has 1 aliphatic heterocycles. The Balaban J connectivity index is 1.42. The van der Waals surface area contributed by atoms with Gasteiger partial charge in [0.15, 0.2) is 11.5 Å². The minimum atomic E-state index is -0.500. The van der Waals surface area contributed by atoms with Gasteiger partial charge >= 0.3 is 0 Å². The molecule has 0 saturated carbocycles. The van der Waals surface area contributed by atoms with Crippen LogP contribution in [0.4, 0.5) is 0 Å². The highest BCUT2D eigenvalue weighted by Gasteiger charge is 2.17. The van der Waals surface area contributed by atoms with Crippen LogP contribution < -0.4 is 5.32 Å². The normalized spacial score (nSPS) is 13.6. The molecule has 1 aromatic carbocycles. The van der Waals surface area contributed by atoms with Crippen molar-refractivity contribution in [3.63, 3.8) is 0 Å². The Hall–Kier alpha value is -2.80. The molecule has 1 N–H and O–H groups in total. The average Bonchev–Trinajstić information content (AvgIpc) is 3.25. The molecule has 23 heavy (non-hydrogen) atoms. The van der Waals surface area contributed by atoms with E-state index in [1.807, 2.05) is 30.3 Å². The first-order chi connectivity index (χ1) is 11.3. The molecule has 0 atom stereocenters. The van der Waals surface area contributed by atoms with E-state index in [0.717, 1.165) is 5.56 Å². The summed E-state index contributed by atoms with van der Waals surface area (Å²) in [6.45, 7) is 0.929. The number of hydrogen-bond donors (Lipinski definition) is 1. The Labute approximate surface area is 132 Å². The minimum Gasteiger partial charge on any atom is -0.457 e. The fourth-order valence-electron chi connectivity index (χ4n) is 1.97. The second-order valence-corrected chi connectivity index (χ2v) is 4.84. The second kappa shape index (κ2) is 7.46. The Kier molecular flexibility index (Phi) is 4.90. The number of amides is 1. The first kappa shape index (κ1) is 15.1. The largest absolute Gasteiger partial charge is 0.457 e. The van der Waals surface area contributed by atoms with E-state index in [1.165, 1.54) is 12.5 Å². The summed E-state index contributed by atoms with van der Waals surface area (Å²) in [4.78, 5) is 11.9. The fraction of sp³-hybridized carbons (Fsp3) is 0.250. The zero-order valence-electron chi connectivity index (χ0n) is 12.3. The summed E-state index contributed by atoms with van der Waals surface area (Å²) in [5, 5.41) is 6.37. The summed E-state index contributed by atoms with van der Waals surface area (Å²) < 4.78 is 20.7. The quantitative estimate of drug-likeness (QED) is 0.841. The third-order valence-corrected chi connectivity index (χ3v) is 3.09. The number of nitrogens with one attached hydrogen (secondary N) is 1. The summed E-state index contributed by atoms with van der Waals surface area (Å²) in [6, 6.07) is 11.3. The van der Waals surface area contributed by atoms with Crippen LogP contribution in [0.15, 0.2) is 53.4 Å². The molecule has 2 aromatic rings. The lowest BCUT2D eigenvalue weighted by Gasteiger charge is -2.09. The number of aromatic nitrogens is 1. The van der Waals surface area contributed by atoms with Gasteiger partial charge in [-0.05, 0) is 5.56 Å². The van der Waals surface area contributed by atoms with Gasteiger partial charge in [0.2, 0.25) is 0 Å². The van der Waals surface area contributed by atoms with Crippen molar-refractivity contribution >= 4 is 5.91 Å². The molecule has 3 rings (SSSR count). The number of ether oxygens (including phenoxy) is 3. The lowest BCUT2D eigenvalue weighted by atomic mass is 10.2. The van der Waals surface area contributed by atoms with E-state index in [9.17, 15) is 4.79 Å². The Morgan fingerprint density at radius 1 is 1.17 bits per heavy atom. The van der Waals surface area contributed by atoms with Crippen molar-refractivity contribution in [3.05, 3.63) is 65.9 Å². The van der Waals surface area contributed by atoms with Gasteiger partial charge in [0.25, 0.3) is 12.2 Å². The van der Waals surface area contributed by atoms with Crippen LogP contribution >= 0.6 is 0 Å². The van der Waals surface area contributed by atoms with Crippen molar-refractivity contribution in [2.75, 3.05) is 6.54 Å². The molecule has 120 valence electrons. The van der Waals surface area contributed by atoms with Gasteiger partial charge in [-0.25, -0.2) is 0 Å². The molecule has 0 radical (unpaired) electrons. The maximum atomic E-state index is 11.9. The van der Waals surface area contributed by atoms with E-state index in [-0.39, 0.29) is 24.8 Å². The molecule has 0 fully saturated rings. The highest BCUT2D eigenvalue weighted by molar-refractivity contribution is 5.92. The van der Waals surface area contributed by atoms with Crippen LogP contribution in [-0.4, -0.2) is 23.9 Å². The van der Waals surface area contributed by atoms with Gasteiger partial charge in [0, 0.05) is 6.07 Å². The molecule has 0 saturated heterocycles. The monoisotopic (exact) mass is 316 g/mol. The van der Waals surface area contributed by atoms with Gasteiger partial charge in [-0.15, -0.1) is 0 Å². The number of carbonyl (C=O) groups excluding carboxylic acids is 1. The van der Waals surface area contributed by atoms with Crippen LogP contribution in [0, 0.1) is 0 Å². The Morgan fingerprint density at radius 2 is 1.96 bits per heavy atom. The molecular weight excluding hydrogens is 300 g/mol. The van der Waals surface area contributed by atoms with Crippen LogP contribution in [0.5, 0.6) is 0 Å². The predicted molar refractivity (Wildman–Crippen MR) is 78.9 cm³/mol. The highest BCUT2D eigenvalue weighted by atomic mass is 16.7. The standard InChI is InChI=1S/C16H16N2O5/c19-16(17-9-15-21-6-7-22-15)14-8-13(23-18-14)11-20-10-12-4-2-1-3-5-12/h1-8,15H,9-11H2,(H,17,19). The minimum absolute atomic E-state index is 0.189. The van der Waals surface area contributed by atoms with Crippen molar-refractivity contribution in [3.8, 4) is 0 Å². The van der Waals surface area contributed by atoms with Gasteiger partial charge < -0.3 is 24.1 Å². The Bertz CT molecular complexity index is 660. The predicted octanol–water partition coefficient (Wildman–Crippen LogP) is 1.97. The van der Waals surface area contributed by atoms with E-state index < -0.39 is 6.29 Å². The lowest BCUT2D eigenvalue weighted by Crippen LogP contribution is -2.32. The molecule has 2 heterocycles. The van der Waals surface area contributed by atoms with Crippen molar-refractivity contribution in [1.82, 2.24) is 10.5 Å². The summed E-state index contributed by atoms with van der Waals surface area (Å²) in [6.07, 6.45) is 2.35. The molecule has 0 unspecified atom stereocenters. The molecule has 1 amide bonds.